The Balaban J connectivity index is 1.82. The second-order valence-electron chi connectivity index (χ2n) is 7.41. The van der Waals surface area contributed by atoms with Gasteiger partial charge in [-0.15, -0.1) is 0 Å². The van der Waals surface area contributed by atoms with Gasteiger partial charge in [-0.05, 0) is 54.3 Å². The molecule has 0 fully saturated rings. The molecule has 4 rings (SSSR count). The first-order valence-corrected chi connectivity index (χ1v) is 9.59. The van der Waals surface area contributed by atoms with Crippen molar-refractivity contribution in [3.05, 3.63) is 88.5 Å². The molecule has 1 aliphatic heterocycles. The summed E-state index contributed by atoms with van der Waals surface area (Å²) in [6.45, 7) is 4.93. The molecule has 0 saturated carbocycles. The topological polar surface area (TPSA) is 56.5 Å². The molecule has 4 heteroatoms. The van der Waals surface area contributed by atoms with Crippen molar-refractivity contribution in [1.82, 2.24) is 5.48 Å². The van der Waals surface area contributed by atoms with Crippen molar-refractivity contribution in [3.8, 4) is 11.5 Å². The van der Waals surface area contributed by atoms with Gasteiger partial charge in [0.05, 0.1) is 6.61 Å². The maximum Gasteiger partial charge on any atom is 0.150 e. The van der Waals surface area contributed by atoms with Crippen LogP contribution >= 0.6 is 0 Å². The van der Waals surface area contributed by atoms with Gasteiger partial charge in [-0.3, -0.25) is 0 Å². The molecule has 0 bridgehead atoms. The lowest BCUT2D eigenvalue weighted by Gasteiger charge is -2.35. The molecule has 2 unspecified atom stereocenters. The van der Waals surface area contributed by atoms with Crippen LogP contribution in [0.1, 0.15) is 39.7 Å². The van der Waals surface area contributed by atoms with Crippen molar-refractivity contribution < 1.29 is 9.57 Å². The van der Waals surface area contributed by atoms with Crippen molar-refractivity contribution >= 4 is 5.69 Å². The number of hydroxylamine groups is 1. The van der Waals surface area contributed by atoms with Gasteiger partial charge in [-0.2, -0.15) is 5.48 Å². The highest BCUT2D eigenvalue weighted by atomic mass is 16.6. The van der Waals surface area contributed by atoms with Crippen LogP contribution in [-0.4, -0.2) is 13.7 Å². The van der Waals surface area contributed by atoms with Gasteiger partial charge in [0.2, 0.25) is 0 Å². The molecule has 0 spiro atoms. The minimum Gasteiger partial charge on any atom is -0.492 e. The molecule has 1 aliphatic rings. The SMILES string of the molecule is CNOc1ccc2c(c1)OCC(c1ccc(C)c(C)c1)C2c1ccc(N)cc1. The number of anilines is 1. The molecule has 3 aromatic rings. The summed E-state index contributed by atoms with van der Waals surface area (Å²) in [5.74, 6) is 2.03. The number of ether oxygens (including phenoxy) is 1. The van der Waals surface area contributed by atoms with E-state index in [0.29, 0.717) is 6.61 Å². The highest BCUT2D eigenvalue weighted by molar-refractivity contribution is 5.52. The Hall–Kier alpha value is -2.98. The van der Waals surface area contributed by atoms with Crippen molar-refractivity contribution in [2.24, 2.45) is 0 Å². The van der Waals surface area contributed by atoms with Gasteiger partial charge in [-0.25, -0.2) is 0 Å². The number of aryl methyl sites for hydroxylation is 2. The summed E-state index contributed by atoms with van der Waals surface area (Å²) in [4.78, 5) is 5.42. The van der Waals surface area contributed by atoms with Crippen molar-refractivity contribution in [3.63, 3.8) is 0 Å². The van der Waals surface area contributed by atoms with Crippen LogP contribution in [0.15, 0.2) is 60.7 Å². The van der Waals surface area contributed by atoms with Crippen molar-refractivity contribution in [1.29, 1.82) is 0 Å². The molecular formula is C24H26N2O2. The van der Waals surface area contributed by atoms with Gasteiger partial charge in [0.1, 0.15) is 5.75 Å². The molecule has 0 aromatic heterocycles. The normalized spacial score (nSPS) is 18.2. The van der Waals surface area contributed by atoms with Crippen LogP contribution in [0, 0.1) is 13.8 Å². The third-order valence-corrected chi connectivity index (χ3v) is 5.62. The molecule has 0 amide bonds. The molecule has 3 N–H and O–H groups in total. The molecule has 144 valence electrons. The monoisotopic (exact) mass is 374 g/mol. The van der Waals surface area contributed by atoms with E-state index in [9.17, 15) is 0 Å². The number of fused-ring (bicyclic) bond motifs is 1. The highest BCUT2D eigenvalue weighted by Crippen LogP contribution is 2.47. The molecule has 0 radical (unpaired) electrons. The summed E-state index contributed by atoms with van der Waals surface area (Å²) >= 11 is 0. The second-order valence-corrected chi connectivity index (χ2v) is 7.41. The number of hydrogen-bond acceptors (Lipinski definition) is 4. The first-order valence-electron chi connectivity index (χ1n) is 9.59. The number of nitrogens with two attached hydrogens (primary N) is 1. The summed E-state index contributed by atoms with van der Waals surface area (Å²) in [7, 11) is 1.74. The van der Waals surface area contributed by atoms with E-state index < -0.39 is 0 Å². The number of nitrogen functional groups attached to an aromatic ring is 1. The van der Waals surface area contributed by atoms with Crippen LogP contribution in [0.2, 0.25) is 0 Å². The lowest BCUT2D eigenvalue weighted by atomic mass is 9.75. The zero-order valence-corrected chi connectivity index (χ0v) is 16.5. The van der Waals surface area contributed by atoms with Gasteiger partial charge >= 0.3 is 0 Å². The average Bonchev–Trinajstić information content (AvgIpc) is 2.70. The average molecular weight is 374 g/mol. The highest BCUT2D eigenvalue weighted by Gasteiger charge is 2.33. The summed E-state index contributed by atoms with van der Waals surface area (Å²) in [6.07, 6.45) is 0. The summed E-state index contributed by atoms with van der Waals surface area (Å²) in [6, 6.07) is 20.9. The Bertz CT molecular complexity index is 982. The Morgan fingerprint density at radius 2 is 1.68 bits per heavy atom. The molecule has 4 nitrogen and oxygen atoms in total. The maximum absolute atomic E-state index is 6.19. The van der Waals surface area contributed by atoms with Gasteiger partial charge in [0, 0.05) is 36.2 Å². The number of nitrogens with one attached hydrogen (secondary N) is 1. The van der Waals surface area contributed by atoms with Gasteiger partial charge in [0.15, 0.2) is 5.75 Å². The molecular weight excluding hydrogens is 348 g/mol. The largest absolute Gasteiger partial charge is 0.492 e. The van der Waals surface area contributed by atoms with E-state index in [1.54, 1.807) is 7.05 Å². The molecule has 3 aromatic carbocycles. The van der Waals surface area contributed by atoms with Crippen LogP contribution in [0.4, 0.5) is 5.69 Å². The van der Waals surface area contributed by atoms with E-state index in [2.05, 4.69) is 55.7 Å². The van der Waals surface area contributed by atoms with Crippen LogP contribution in [0.3, 0.4) is 0 Å². The Morgan fingerprint density at radius 3 is 2.39 bits per heavy atom. The third-order valence-electron chi connectivity index (χ3n) is 5.62. The molecule has 0 saturated heterocycles. The predicted octanol–water partition coefficient (Wildman–Crippen LogP) is 4.71. The molecule has 0 aliphatic carbocycles. The second kappa shape index (κ2) is 7.56. The van der Waals surface area contributed by atoms with Crippen LogP contribution in [0.25, 0.3) is 0 Å². The van der Waals surface area contributed by atoms with Gasteiger partial charge in [0.25, 0.3) is 0 Å². The smallest absolute Gasteiger partial charge is 0.150 e. The number of hydrogen-bond donors (Lipinski definition) is 2. The van der Waals surface area contributed by atoms with Gasteiger partial charge < -0.3 is 15.3 Å². The summed E-state index contributed by atoms with van der Waals surface area (Å²) < 4.78 is 6.19. The molecule has 1 heterocycles. The van der Waals surface area contributed by atoms with Gasteiger partial charge in [-0.1, -0.05) is 36.4 Å². The Morgan fingerprint density at radius 1 is 0.929 bits per heavy atom. The van der Waals surface area contributed by atoms with E-state index in [0.717, 1.165) is 17.2 Å². The lowest BCUT2D eigenvalue weighted by molar-refractivity contribution is 0.217. The Kier molecular flexibility index (Phi) is 4.97. The van der Waals surface area contributed by atoms with E-state index in [1.807, 2.05) is 24.3 Å². The Labute approximate surface area is 166 Å². The van der Waals surface area contributed by atoms with Crippen LogP contribution in [0.5, 0.6) is 11.5 Å². The fourth-order valence-electron chi connectivity index (χ4n) is 3.97. The predicted molar refractivity (Wildman–Crippen MR) is 113 cm³/mol. The van der Waals surface area contributed by atoms with E-state index >= 15 is 0 Å². The zero-order chi connectivity index (χ0) is 19.7. The van der Waals surface area contributed by atoms with E-state index in [1.165, 1.54) is 27.8 Å². The summed E-state index contributed by atoms with van der Waals surface area (Å²) in [5.41, 5.74) is 15.7. The fourth-order valence-corrected chi connectivity index (χ4v) is 3.97. The standard InChI is InChI=1S/C24H26N2O2/c1-15-4-5-18(12-16(15)2)22-14-27-23-13-20(28-26-3)10-11-21(23)24(22)17-6-8-19(25)9-7-17/h4-13,22,24,26H,14,25H2,1-3H3. The number of rotatable bonds is 4. The lowest BCUT2D eigenvalue weighted by Crippen LogP contribution is -2.25. The minimum atomic E-state index is 0.190. The minimum absolute atomic E-state index is 0.190. The molecule has 2 atom stereocenters. The van der Waals surface area contributed by atoms with Crippen molar-refractivity contribution in [2.45, 2.75) is 25.7 Å². The maximum atomic E-state index is 6.19. The third kappa shape index (κ3) is 3.43. The van der Waals surface area contributed by atoms with E-state index in [-0.39, 0.29) is 11.8 Å². The molecule has 28 heavy (non-hydrogen) atoms. The first-order chi connectivity index (χ1) is 13.6. The zero-order valence-electron chi connectivity index (χ0n) is 16.5. The van der Waals surface area contributed by atoms with Crippen LogP contribution < -0.4 is 20.8 Å². The first kappa shape index (κ1) is 18.4. The number of benzene rings is 3. The fraction of sp³-hybridized carbons (Fsp3) is 0.250. The van der Waals surface area contributed by atoms with Crippen LogP contribution in [-0.2, 0) is 0 Å². The summed E-state index contributed by atoms with van der Waals surface area (Å²) in [5, 5.41) is 0. The van der Waals surface area contributed by atoms with Crippen molar-refractivity contribution in [2.75, 3.05) is 19.4 Å². The van der Waals surface area contributed by atoms with E-state index in [4.69, 9.17) is 15.3 Å². The quantitative estimate of drug-likeness (QED) is 0.513.